The van der Waals surface area contributed by atoms with E-state index < -0.39 is 0 Å². The van der Waals surface area contributed by atoms with E-state index in [0.717, 1.165) is 23.4 Å². The number of aromatic nitrogens is 2. The molecule has 3 rings (SSSR count). The highest BCUT2D eigenvalue weighted by molar-refractivity contribution is 5.76. The summed E-state index contributed by atoms with van der Waals surface area (Å²) >= 11 is 0. The minimum atomic E-state index is 0.0512. The second-order valence-corrected chi connectivity index (χ2v) is 6.18. The Hall–Kier alpha value is -3.08. The molecule has 0 aliphatic carbocycles. The fourth-order valence-electron chi connectivity index (χ4n) is 2.73. The van der Waals surface area contributed by atoms with Crippen LogP contribution in [0.2, 0.25) is 0 Å². The maximum Gasteiger partial charge on any atom is 0.220 e. The van der Waals surface area contributed by atoms with Crippen LogP contribution in [0.5, 0.6) is 5.75 Å². The topological polar surface area (TPSA) is 56.1 Å². The van der Waals surface area contributed by atoms with Crippen LogP contribution in [0.25, 0.3) is 0 Å². The third-order valence-corrected chi connectivity index (χ3v) is 4.21. The molecule has 1 amide bonds. The molecule has 1 aromatic heterocycles. The van der Waals surface area contributed by atoms with E-state index in [-0.39, 0.29) is 5.91 Å². The molecule has 134 valence electrons. The second-order valence-electron chi connectivity index (χ2n) is 6.18. The number of hydrogen-bond donors (Lipinski definition) is 1. The van der Waals surface area contributed by atoms with Crippen molar-refractivity contribution in [3.05, 3.63) is 83.9 Å². The van der Waals surface area contributed by atoms with Crippen molar-refractivity contribution in [3.63, 3.8) is 0 Å². The highest BCUT2D eigenvalue weighted by atomic mass is 16.5. The molecule has 1 N–H and O–H groups in total. The lowest BCUT2D eigenvalue weighted by molar-refractivity contribution is -0.121. The molecule has 3 aromatic rings. The van der Waals surface area contributed by atoms with Crippen LogP contribution in [-0.2, 0) is 24.3 Å². The third kappa shape index (κ3) is 5.21. The molecule has 2 aromatic carbocycles. The number of benzene rings is 2. The molecule has 26 heavy (non-hydrogen) atoms. The zero-order chi connectivity index (χ0) is 18.2. The van der Waals surface area contributed by atoms with E-state index in [9.17, 15) is 4.79 Å². The lowest BCUT2D eigenvalue weighted by Crippen LogP contribution is -2.23. The molecule has 5 heteroatoms. The summed E-state index contributed by atoms with van der Waals surface area (Å²) in [7, 11) is 1.65. The highest BCUT2D eigenvalue weighted by Crippen LogP contribution is 2.14. The van der Waals surface area contributed by atoms with Crippen LogP contribution >= 0.6 is 0 Å². The van der Waals surface area contributed by atoms with Gasteiger partial charge >= 0.3 is 0 Å². The van der Waals surface area contributed by atoms with Gasteiger partial charge in [0.05, 0.1) is 13.4 Å². The van der Waals surface area contributed by atoms with E-state index in [0.29, 0.717) is 19.4 Å². The maximum absolute atomic E-state index is 12.1. The van der Waals surface area contributed by atoms with Gasteiger partial charge in [0, 0.05) is 31.9 Å². The van der Waals surface area contributed by atoms with E-state index in [1.807, 2.05) is 35.0 Å². The number of nitrogens with one attached hydrogen (secondary N) is 1. The fourth-order valence-corrected chi connectivity index (χ4v) is 2.73. The minimum absolute atomic E-state index is 0.0512. The Morgan fingerprint density at radius 2 is 1.92 bits per heavy atom. The number of imidazole rings is 1. The average Bonchev–Trinajstić information content (AvgIpc) is 3.19. The van der Waals surface area contributed by atoms with E-state index in [1.54, 1.807) is 19.6 Å². The standard InChI is InChI=1S/C21H23N3O2/c1-26-20-4-2-3-17(13-20)9-10-21(25)23-14-18-5-7-19(8-6-18)15-24-12-11-22-16-24/h2-8,11-13,16H,9-10,14-15H2,1H3,(H,23,25). The summed E-state index contributed by atoms with van der Waals surface area (Å²) < 4.78 is 7.23. The first-order valence-electron chi connectivity index (χ1n) is 8.66. The van der Waals surface area contributed by atoms with Gasteiger partial charge in [-0.1, -0.05) is 36.4 Å². The Kier molecular flexibility index (Phi) is 6.04. The molecule has 5 nitrogen and oxygen atoms in total. The van der Waals surface area contributed by atoms with Crippen LogP contribution in [-0.4, -0.2) is 22.6 Å². The van der Waals surface area contributed by atoms with E-state index in [4.69, 9.17) is 4.74 Å². The molecule has 0 bridgehead atoms. The number of hydrogen-bond acceptors (Lipinski definition) is 3. The van der Waals surface area contributed by atoms with Crippen LogP contribution in [0.4, 0.5) is 0 Å². The first-order chi connectivity index (χ1) is 12.7. The second kappa shape index (κ2) is 8.85. The predicted molar refractivity (Wildman–Crippen MR) is 101 cm³/mol. The Morgan fingerprint density at radius 3 is 2.65 bits per heavy atom. The number of aryl methyl sites for hydroxylation is 1. The van der Waals surface area contributed by atoms with Gasteiger partial charge in [-0.05, 0) is 35.2 Å². The number of methoxy groups -OCH3 is 1. The van der Waals surface area contributed by atoms with Crippen LogP contribution in [0, 0.1) is 0 Å². The third-order valence-electron chi connectivity index (χ3n) is 4.21. The van der Waals surface area contributed by atoms with E-state index >= 15 is 0 Å². The van der Waals surface area contributed by atoms with Gasteiger partial charge in [-0.15, -0.1) is 0 Å². The minimum Gasteiger partial charge on any atom is -0.497 e. The summed E-state index contributed by atoms with van der Waals surface area (Å²) in [6, 6.07) is 16.1. The number of rotatable bonds is 8. The van der Waals surface area contributed by atoms with Crippen LogP contribution in [0.15, 0.2) is 67.3 Å². The van der Waals surface area contributed by atoms with Crippen LogP contribution in [0.3, 0.4) is 0 Å². The number of nitrogens with zero attached hydrogens (tertiary/aromatic N) is 2. The summed E-state index contributed by atoms with van der Waals surface area (Å²) in [4.78, 5) is 16.1. The predicted octanol–water partition coefficient (Wildman–Crippen LogP) is 3.19. The monoisotopic (exact) mass is 349 g/mol. The molecule has 0 aliphatic rings. The van der Waals surface area contributed by atoms with Crippen LogP contribution < -0.4 is 10.1 Å². The van der Waals surface area contributed by atoms with Gasteiger partial charge in [0.25, 0.3) is 0 Å². The zero-order valence-corrected chi connectivity index (χ0v) is 14.9. The van der Waals surface area contributed by atoms with Crippen molar-refractivity contribution in [3.8, 4) is 5.75 Å². The molecule has 0 radical (unpaired) electrons. The molecule has 0 saturated carbocycles. The van der Waals surface area contributed by atoms with Crippen molar-refractivity contribution in [2.24, 2.45) is 0 Å². The van der Waals surface area contributed by atoms with Gasteiger partial charge < -0.3 is 14.6 Å². The van der Waals surface area contributed by atoms with Gasteiger partial charge in [0.1, 0.15) is 5.75 Å². The summed E-state index contributed by atoms with van der Waals surface area (Å²) in [6.45, 7) is 1.34. The Labute approximate surface area is 153 Å². The van der Waals surface area contributed by atoms with Crippen molar-refractivity contribution >= 4 is 5.91 Å². The molecule has 0 fully saturated rings. The average molecular weight is 349 g/mol. The molecular formula is C21H23N3O2. The van der Waals surface area contributed by atoms with Crippen molar-refractivity contribution in [2.45, 2.75) is 25.9 Å². The fraction of sp³-hybridized carbons (Fsp3) is 0.238. The molecule has 0 unspecified atom stereocenters. The maximum atomic E-state index is 12.1. The van der Waals surface area contributed by atoms with Gasteiger partial charge in [-0.2, -0.15) is 0 Å². The lowest BCUT2D eigenvalue weighted by atomic mass is 10.1. The lowest BCUT2D eigenvalue weighted by Gasteiger charge is -2.08. The van der Waals surface area contributed by atoms with Gasteiger partial charge in [0.15, 0.2) is 0 Å². The van der Waals surface area contributed by atoms with Crippen molar-refractivity contribution < 1.29 is 9.53 Å². The largest absolute Gasteiger partial charge is 0.497 e. The number of carbonyl (C=O) groups is 1. The summed E-state index contributed by atoms with van der Waals surface area (Å²) in [6.07, 6.45) is 6.68. The summed E-state index contributed by atoms with van der Waals surface area (Å²) in [5.41, 5.74) is 3.40. The van der Waals surface area contributed by atoms with Crippen LogP contribution in [0.1, 0.15) is 23.1 Å². The Morgan fingerprint density at radius 1 is 1.12 bits per heavy atom. The zero-order valence-electron chi connectivity index (χ0n) is 14.9. The van der Waals surface area contributed by atoms with Crippen molar-refractivity contribution in [1.29, 1.82) is 0 Å². The quantitative estimate of drug-likeness (QED) is 0.679. The highest BCUT2D eigenvalue weighted by Gasteiger charge is 2.04. The Balaban J connectivity index is 1.43. The first kappa shape index (κ1) is 17.7. The van der Waals surface area contributed by atoms with Crippen molar-refractivity contribution in [2.75, 3.05) is 7.11 Å². The molecule has 0 aliphatic heterocycles. The Bertz CT molecular complexity index is 827. The first-order valence-corrected chi connectivity index (χ1v) is 8.66. The van der Waals surface area contributed by atoms with Crippen molar-refractivity contribution in [1.82, 2.24) is 14.9 Å². The van der Waals surface area contributed by atoms with E-state index in [1.165, 1.54) is 5.56 Å². The van der Waals surface area contributed by atoms with Gasteiger partial charge in [-0.25, -0.2) is 4.98 Å². The van der Waals surface area contributed by atoms with Gasteiger partial charge in [-0.3, -0.25) is 4.79 Å². The molecule has 0 spiro atoms. The molecule has 1 heterocycles. The number of ether oxygens (including phenoxy) is 1. The smallest absolute Gasteiger partial charge is 0.220 e. The normalized spacial score (nSPS) is 10.5. The number of amides is 1. The summed E-state index contributed by atoms with van der Waals surface area (Å²) in [5, 5.41) is 2.98. The number of carbonyl (C=O) groups excluding carboxylic acids is 1. The summed E-state index contributed by atoms with van der Waals surface area (Å²) in [5.74, 6) is 0.869. The SMILES string of the molecule is COc1cccc(CCC(=O)NCc2ccc(Cn3ccnc3)cc2)c1. The molecular weight excluding hydrogens is 326 g/mol. The van der Waals surface area contributed by atoms with E-state index in [2.05, 4.69) is 34.6 Å². The molecule has 0 saturated heterocycles. The molecule has 0 atom stereocenters. The van der Waals surface area contributed by atoms with Gasteiger partial charge in [0.2, 0.25) is 5.91 Å².